The first-order valence-electron chi connectivity index (χ1n) is 9.84. The lowest BCUT2D eigenvalue weighted by Gasteiger charge is -2.05. The minimum Gasteiger partial charge on any atom is -0.356 e. The van der Waals surface area contributed by atoms with E-state index < -0.39 is 10.4 Å². The summed E-state index contributed by atoms with van der Waals surface area (Å²) >= 11 is 0. The molecule has 0 bridgehead atoms. The molecule has 150 valence electrons. The third-order valence-corrected chi connectivity index (χ3v) is 4.60. The molecule has 0 aromatic heterocycles. The maximum atomic E-state index is 11.6. The fourth-order valence-electron chi connectivity index (χ4n) is 2.66. The predicted octanol–water partition coefficient (Wildman–Crippen LogP) is 4.40. The van der Waals surface area contributed by atoms with Crippen molar-refractivity contribution in [1.82, 2.24) is 5.32 Å². The van der Waals surface area contributed by atoms with Gasteiger partial charge in [0.1, 0.15) is 0 Å². The van der Waals surface area contributed by atoms with Crippen LogP contribution in [0.4, 0.5) is 0 Å². The molecule has 0 aromatic carbocycles. The maximum absolute atomic E-state index is 11.6. The highest BCUT2D eigenvalue weighted by Crippen LogP contribution is 2.10. The molecular weight excluding hydrogens is 342 g/mol. The summed E-state index contributed by atoms with van der Waals surface area (Å²) < 4.78 is 33.2. The van der Waals surface area contributed by atoms with Crippen LogP contribution >= 0.6 is 0 Å². The Balaban J connectivity index is 3.23. The van der Waals surface area contributed by atoms with Gasteiger partial charge in [0.2, 0.25) is 5.91 Å². The summed E-state index contributed by atoms with van der Waals surface area (Å²) in [6.07, 6.45) is 15.2. The molecule has 2 N–H and O–H groups in total. The van der Waals surface area contributed by atoms with Crippen molar-refractivity contribution in [1.29, 1.82) is 0 Å². The average molecular weight is 380 g/mol. The zero-order valence-corrected chi connectivity index (χ0v) is 16.6. The van der Waals surface area contributed by atoms with Crippen molar-refractivity contribution in [3.63, 3.8) is 0 Å². The van der Waals surface area contributed by atoms with Gasteiger partial charge < -0.3 is 5.32 Å². The van der Waals surface area contributed by atoms with Crippen LogP contribution in [-0.4, -0.2) is 32.0 Å². The summed E-state index contributed by atoms with van der Waals surface area (Å²) in [6, 6.07) is 0. The zero-order valence-electron chi connectivity index (χ0n) is 15.8. The van der Waals surface area contributed by atoms with Gasteiger partial charge in [-0.25, -0.2) is 4.18 Å². The molecule has 0 atom stereocenters. The molecule has 7 heteroatoms. The second-order valence-corrected chi connectivity index (χ2v) is 7.68. The Morgan fingerprint density at radius 3 is 1.92 bits per heavy atom. The van der Waals surface area contributed by atoms with Crippen molar-refractivity contribution in [3.05, 3.63) is 0 Å². The van der Waals surface area contributed by atoms with Crippen LogP contribution in [0.5, 0.6) is 0 Å². The molecule has 0 spiro atoms. The summed E-state index contributed by atoms with van der Waals surface area (Å²) in [4.78, 5) is 11.6. The molecule has 25 heavy (non-hydrogen) atoms. The largest absolute Gasteiger partial charge is 0.397 e. The van der Waals surface area contributed by atoms with Crippen molar-refractivity contribution >= 4 is 16.3 Å². The third-order valence-electron chi connectivity index (χ3n) is 4.13. The second-order valence-electron chi connectivity index (χ2n) is 6.59. The molecule has 0 heterocycles. The van der Waals surface area contributed by atoms with Crippen molar-refractivity contribution in [2.75, 3.05) is 13.2 Å². The standard InChI is InChI=1S/C18H37NO5S/c1-2-3-4-5-6-7-8-9-10-13-16-19-18(20)15-12-11-14-17-24-25(21,22)23/h2-17H2,1H3,(H,19,20)(H,21,22,23). The number of carbonyl (C=O) groups is 1. The predicted molar refractivity (Wildman–Crippen MR) is 101 cm³/mol. The minimum absolute atomic E-state index is 0.0426. The van der Waals surface area contributed by atoms with Gasteiger partial charge in [-0.2, -0.15) is 8.42 Å². The Morgan fingerprint density at radius 1 is 0.840 bits per heavy atom. The maximum Gasteiger partial charge on any atom is 0.397 e. The van der Waals surface area contributed by atoms with Crippen molar-refractivity contribution in [2.45, 2.75) is 96.8 Å². The Hall–Kier alpha value is -0.660. The lowest BCUT2D eigenvalue weighted by Crippen LogP contribution is -2.24. The molecule has 0 fully saturated rings. The van der Waals surface area contributed by atoms with Crippen LogP contribution in [-0.2, 0) is 19.4 Å². The first-order chi connectivity index (χ1) is 12.0. The minimum atomic E-state index is -4.34. The van der Waals surface area contributed by atoms with Crippen LogP contribution in [0.15, 0.2) is 0 Å². The van der Waals surface area contributed by atoms with E-state index in [2.05, 4.69) is 16.4 Å². The lowest BCUT2D eigenvalue weighted by atomic mass is 10.1. The lowest BCUT2D eigenvalue weighted by molar-refractivity contribution is -0.121. The van der Waals surface area contributed by atoms with E-state index in [1.807, 2.05) is 0 Å². The fourth-order valence-corrected chi connectivity index (χ4v) is 2.99. The normalized spacial score (nSPS) is 11.6. The van der Waals surface area contributed by atoms with Crippen LogP contribution in [0.3, 0.4) is 0 Å². The number of hydrogen-bond acceptors (Lipinski definition) is 4. The summed E-state index contributed by atoms with van der Waals surface area (Å²) in [5, 5.41) is 2.92. The molecule has 0 unspecified atom stereocenters. The summed E-state index contributed by atoms with van der Waals surface area (Å²) in [7, 11) is -4.34. The summed E-state index contributed by atoms with van der Waals surface area (Å²) in [5.41, 5.74) is 0. The van der Waals surface area contributed by atoms with Crippen LogP contribution in [0, 0.1) is 0 Å². The smallest absolute Gasteiger partial charge is 0.356 e. The van der Waals surface area contributed by atoms with Crippen LogP contribution in [0.25, 0.3) is 0 Å². The Kier molecular flexibility index (Phi) is 16.3. The van der Waals surface area contributed by atoms with E-state index in [9.17, 15) is 13.2 Å². The van der Waals surface area contributed by atoms with Crippen molar-refractivity contribution in [2.24, 2.45) is 0 Å². The number of unbranched alkanes of at least 4 members (excludes halogenated alkanes) is 11. The monoisotopic (exact) mass is 379 g/mol. The van der Waals surface area contributed by atoms with E-state index in [0.29, 0.717) is 25.7 Å². The number of nitrogens with one attached hydrogen (secondary N) is 1. The SMILES string of the molecule is CCCCCCCCCCCCNC(=O)CCCCCOS(=O)(=O)O. The van der Waals surface area contributed by atoms with E-state index in [0.717, 1.165) is 13.0 Å². The van der Waals surface area contributed by atoms with Gasteiger partial charge in [-0.15, -0.1) is 0 Å². The molecule has 0 saturated carbocycles. The highest BCUT2D eigenvalue weighted by atomic mass is 32.3. The van der Waals surface area contributed by atoms with Gasteiger partial charge in [-0.3, -0.25) is 9.35 Å². The molecule has 0 aliphatic heterocycles. The number of rotatable bonds is 18. The third kappa shape index (κ3) is 21.3. The summed E-state index contributed by atoms with van der Waals surface area (Å²) in [6.45, 7) is 2.93. The molecule has 6 nitrogen and oxygen atoms in total. The number of carbonyl (C=O) groups excluding carboxylic acids is 1. The molecule has 0 aliphatic carbocycles. The van der Waals surface area contributed by atoms with Crippen LogP contribution in [0.2, 0.25) is 0 Å². The van der Waals surface area contributed by atoms with Gasteiger partial charge in [0.15, 0.2) is 0 Å². The average Bonchev–Trinajstić information content (AvgIpc) is 2.55. The highest BCUT2D eigenvalue weighted by Gasteiger charge is 2.04. The van der Waals surface area contributed by atoms with Gasteiger partial charge in [0.05, 0.1) is 6.61 Å². The first-order valence-corrected chi connectivity index (χ1v) is 11.2. The summed E-state index contributed by atoms with van der Waals surface area (Å²) in [5.74, 6) is 0.0478. The van der Waals surface area contributed by atoms with Gasteiger partial charge in [0.25, 0.3) is 0 Å². The van der Waals surface area contributed by atoms with Gasteiger partial charge >= 0.3 is 10.4 Å². The Bertz CT molecular complexity index is 412. The highest BCUT2D eigenvalue weighted by molar-refractivity contribution is 7.80. The zero-order chi connectivity index (χ0) is 18.8. The number of amides is 1. The Morgan fingerprint density at radius 2 is 1.36 bits per heavy atom. The van der Waals surface area contributed by atoms with Gasteiger partial charge in [0, 0.05) is 13.0 Å². The molecule has 0 saturated heterocycles. The topological polar surface area (TPSA) is 92.7 Å². The van der Waals surface area contributed by atoms with E-state index in [4.69, 9.17) is 4.55 Å². The van der Waals surface area contributed by atoms with E-state index in [-0.39, 0.29) is 12.5 Å². The Labute approximate surface area is 154 Å². The van der Waals surface area contributed by atoms with Crippen molar-refractivity contribution < 1.29 is 21.9 Å². The quantitative estimate of drug-likeness (QED) is 0.272. The molecule has 0 radical (unpaired) electrons. The molecule has 0 rings (SSSR count). The molecular formula is C18H37NO5S. The number of hydrogen-bond donors (Lipinski definition) is 2. The van der Waals surface area contributed by atoms with E-state index >= 15 is 0 Å². The second kappa shape index (κ2) is 16.8. The fraction of sp³-hybridized carbons (Fsp3) is 0.944. The van der Waals surface area contributed by atoms with E-state index in [1.165, 1.54) is 57.8 Å². The van der Waals surface area contributed by atoms with E-state index in [1.54, 1.807) is 0 Å². The van der Waals surface area contributed by atoms with Crippen LogP contribution < -0.4 is 5.32 Å². The molecule has 0 aromatic rings. The van der Waals surface area contributed by atoms with Crippen molar-refractivity contribution in [3.8, 4) is 0 Å². The molecule has 1 amide bonds. The van der Waals surface area contributed by atoms with Gasteiger partial charge in [-0.05, 0) is 19.3 Å². The van der Waals surface area contributed by atoms with Gasteiger partial charge in [-0.1, -0.05) is 71.1 Å². The first kappa shape index (κ1) is 24.3. The molecule has 0 aliphatic rings. The van der Waals surface area contributed by atoms with Crippen LogP contribution in [0.1, 0.15) is 96.8 Å².